The van der Waals surface area contributed by atoms with E-state index < -0.39 is 0 Å². The van der Waals surface area contributed by atoms with Crippen molar-refractivity contribution in [3.63, 3.8) is 0 Å². The summed E-state index contributed by atoms with van der Waals surface area (Å²) in [6, 6.07) is 4.97. The summed E-state index contributed by atoms with van der Waals surface area (Å²) < 4.78 is 21.7. The van der Waals surface area contributed by atoms with E-state index in [1.165, 1.54) is 0 Å². The molecule has 19 heavy (non-hydrogen) atoms. The third kappa shape index (κ3) is 2.56. The van der Waals surface area contributed by atoms with Gasteiger partial charge in [0.1, 0.15) is 0 Å². The maximum atomic E-state index is 5.71. The molecule has 0 saturated heterocycles. The Morgan fingerprint density at radius 3 is 2.68 bits per heavy atom. The summed E-state index contributed by atoms with van der Waals surface area (Å²) in [6.07, 6.45) is 2.09. The zero-order chi connectivity index (χ0) is 12.8. The third-order valence-corrected chi connectivity index (χ3v) is 2.98. The first-order valence-corrected chi connectivity index (χ1v) is 5.85. The molecule has 2 heterocycles. The monoisotopic (exact) mass is 254 g/mol. The van der Waals surface area contributed by atoms with Crippen LogP contribution in [0.3, 0.4) is 0 Å². The number of hydrogen-bond donors (Lipinski definition) is 0. The zero-order valence-electron chi connectivity index (χ0n) is 11.7. The Morgan fingerprint density at radius 2 is 2.05 bits per heavy atom. The number of fused-ring (bicyclic) bond motifs is 1. The second-order valence-corrected chi connectivity index (χ2v) is 5.10. The molecule has 0 fully saturated rings. The van der Waals surface area contributed by atoms with E-state index in [0.717, 1.165) is 11.3 Å². The Kier molecular flexibility index (Phi) is 3.75. The molecule has 0 aromatic heterocycles. The Morgan fingerprint density at radius 1 is 1.26 bits per heavy atom. The minimum Gasteiger partial charge on any atom is -0.540 e. The topological polar surface area (TPSA) is 36.9 Å². The van der Waals surface area contributed by atoms with E-state index in [-0.39, 0.29) is 31.1 Å². The summed E-state index contributed by atoms with van der Waals surface area (Å²) in [4.78, 5) is 0. The van der Waals surface area contributed by atoms with Crippen LogP contribution in [0, 0.1) is 11.5 Å². The molecule has 0 N–H and O–H groups in total. The van der Waals surface area contributed by atoms with E-state index >= 15 is 0 Å². The van der Waals surface area contributed by atoms with Crippen LogP contribution >= 0.6 is 0 Å². The molecule has 0 unspecified atom stereocenters. The van der Waals surface area contributed by atoms with Crippen molar-refractivity contribution in [3.05, 3.63) is 23.8 Å². The fourth-order valence-corrected chi connectivity index (χ4v) is 2.05. The fourth-order valence-electron chi connectivity index (χ4n) is 2.05. The molecule has 5 heteroatoms. The number of rotatable bonds is 2. The molecular formula is C14H15LiO4. The molecule has 1 aromatic carbocycles. The van der Waals surface area contributed by atoms with Crippen LogP contribution in [0.25, 0.3) is 5.76 Å². The van der Waals surface area contributed by atoms with Crippen LogP contribution in [-0.2, 0) is 4.74 Å². The summed E-state index contributed by atoms with van der Waals surface area (Å²) in [5, 5.41) is 0. The number of methoxy groups -OCH3 is 1. The molecule has 96 valence electrons. The van der Waals surface area contributed by atoms with E-state index in [2.05, 4.69) is 26.0 Å². The van der Waals surface area contributed by atoms with Gasteiger partial charge in [-0.05, 0) is 0 Å². The van der Waals surface area contributed by atoms with Crippen molar-refractivity contribution >= 4 is 5.76 Å². The van der Waals surface area contributed by atoms with Crippen LogP contribution in [0.4, 0.5) is 0 Å². The van der Waals surface area contributed by atoms with Gasteiger partial charge < -0.3 is 18.9 Å². The van der Waals surface area contributed by atoms with Crippen molar-refractivity contribution in [3.8, 4) is 17.2 Å². The summed E-state index contributed by atoms with van der Waals surface area (Å²) in [7, 11) is 1.62. The van der Waals surface area contributed by atoms with Crippen molar-refractivity contribution in [1.29, 1.82) is 0 Å². The molecule has 0 spiro atoms. The van der Waals surface area contributed by atoms with Crippen molar-refractivity contribution in [1.82, 2.24) is 0 Å². The Hall–Kier alpha value is -1.24. The number of hydrogen-bond acceptors (Lipinski definition) is 4. The zero-order valence-corrected chi connectivity index (χ0v) is 11.7. The number of ether oxygens (including phenoxy) is 4. The van der Waals surface area contributed by atoms with Crippen LogP contribution in [0.2, 0.25) is 0 Å². The minimum absolute atomic E-state index is 0. The molecule has 2 aliphatic rings. The maximum absolute atomic E-state index is 5.71. The van der Waals surface area contributed by atoms with Gasteiger partial charge in [-0.1, -0.05) is 37.6 Å². The predicted molar refractivity (Wildman–Crippen MR) is 65.7 cm³/mol. The first-order valence-electron chi connectivity index (χ1n) is 5.85. The van der Waals surface area contributed by atoms with E-state index in [4.69, 9.17) is 18.9 Å². The molecule has 0 aliphatic carbocycles. The summed E-state index contributed by atoms with van der Waals surface area (Å²) in [5.74, 6) is 2.74. The molecule has 4 nitrogen and oxygen atoms in total. The molecule has 0 bridgehead atoms. The predicted octanol–water partition coefficient (Wildman–Crippen LogP) is -0.375. The van der Waals surface area contributed by atoms with E-state index in [9.17, 15) is 0 Å². The van der Waals surface area contributed by atoms with Crippen LogP contribution in [0.1, 0.15) is 19.4 Å². The molecule has 0 radical (unpaired) electrons. The standard InChI is InChI=1S/C14H15O4.Li/c1-14(2)6-13(16-7-14)9-4-11-12(18-8-17-11)5-10(9)15-3;/h5-6H,7-8H2,1-3H3;/q-1;+1. The van der Waals surface area contributed by atoms with Gasteiger partial charge in [0.05, 0.1) is 25.2 Å². The van der Waals surface area contributed by atoms with Gasteiger partial charge in [-0.25, -0.2) is 0 Å². The van der Waals surface area contributed by atoms with E-state index in [1.807, 2.05) is 6.07 Å². The fraction of sp³-hybridized carbons (Fsp3) is 0.429. The Balaban J connectivity index is 0.00000133. The van der Waals surface area contributed by atoms with Crippen LogP contribution in [-0.4, -0.2) is 20.5 Å². The summed E-state index contributed by atoms with van der Waals surface area (Å²) >= 11 is 0. The van der Waals surface area contributed by atoms with E-state index in [1.54, 1.807) is 7.11 Å². The molecular weight excluding hydrogens is 239 g/mol. The molecule has 0 amide bonds. The van der Waals surface area contributed by atoms with Gasteiger partial charge in [0.25, 0.3) is 0 Å². The van der Waals surface area contributed by atoms with Crippen molar-refractivity contribution in [2.75, 3.05) is 20.5 Å². The SMILES string of the molecule is COc1cc2c([c-]c1C1=CC(C)(C)CO1)OCO2.[Li+]. The molecule has 0 saturated carbocycles. The Labute approximate surface area is 124 Å². The van der Waals surface area contributed by atoms with Crippen molar-refractivity contribution in [2.24, 2.45) is 5.41 Å². The molecule has 2 aliphatic heterocycles. The maximum Gasteiger partial charge on any atom is 1.00 e. The first-order chi connectivity index (χ1) is 8.59. The van der Waals surface area contributed by atoms with Gasteiger partial charge in [-0.2, -0.15) is 0 Å². The normalized spacial score (nSPS) is 18.4. The van der Waals surface area contributed by atoms with Crippen LogP contribution < -0.4 is 33.1 Å². The van der Waals surface area contributed by atoms with Crippen LogP contribution in [0.5, 0.6) is 17.2 Å². The van der Waals surface area contributed by atoms with Gasteiger partial charge >= 0.3 is 18.9 Å². The smallest absolute Gasteiger partial charge is 0.540 e. The second-order valence-electron chi connectivity index (χ2n) is 5.10. The number of benzene rings is 1. The largest absolute Gasteiger partial charge is 1.00 e. The third-order valence-electron chi connectivity index (χ3n) is 2.98. The van der Waals surface area contributed by atoms with Gasteiger partial charge in [0.2, 0.25) is 6.79 Å². The van der Waals surface area contributed by atoms with Gasteiger partial charge in [0.15, 0.2) is 0 Å². The second kappa shape index (κ2) is 5.03. The van der Waals surface area contributed by atoms with Gasteiger partial charge in [-0.15, -0.1) is 0 Å². The van der Waals surface area contributed by atoms with Crippen LogP contribution in [0.15, 0.2) is 12.1 Å². The molecule has 1 aromatic rings. The summed E-state index contributed by atoms with van der Waals surface area (Å²) in [6.45, 7) is 5.14. The molecule has 0 atom stereocenters. The summed E-state index contributed by atoms with van der Waals surface area (Å²) in [5.41, 5.74) is 0.817. The van der Waals surface area contributed by atoms with Gasteiger partial charge in [0, 0.05) is 16.9 Å². The molecule has 3 rings (SSSR count). The average Bonchev–Trinajstić information content (AvgIpc) is 2.92. The Bertz CT molecular complexity index is 522. The van der Waals surface area contributed by atoms with E-state index in [0.29, 0.717) is 23.9 Å². The minimum atomic E-state index is 0. The van der Waals surface area contributed by atoms with Crippen molar-refractivity contribution < 1.29 is 37.8 Å². The first kappa shape index (κ1) is 14.2. The quantitative estimate of drug-likeness (QED) is 0.533. The van der Waals surface area contributed by atoms with Crippen molar-refractivity contribution in [2.45, 2.75) is 13.8 Å². The van der Waals surface area contributed by atoms with Gasteiger partial charge in [-0.3, -0.25) is 0 Å². The average molecular weight is 254 g/mol.